The second kappa shape index (κ2) is 7.91. The number of hydrogen-bond acceptors (Lipinski definition) is 4. The largest absolute Gasteiger partial charge is 0.508 e. The first-order valence-electron chi connectivity index (χ1n) is 8.58. The predicted molar refractivity (Wildman–Crippen MR) is 97.3 cm³/mol. The molecule has 1 N–H and O–H groups in total. The molecule has 0 atom stereocenters. The quantitative estimate of drug-likeness (QED) is 0.912. The molecule has 0 bridgehead atoms. The van der Waals surface area contributed by atoms with Crippen LogP contribution in [0.4, 0.5) is 0 Å². The molecule has 6 nitrogen and oxygen atoms in total. The minimum atomic E-state index is -0.0897. The second-order valence-corrected chi connectivity index (χ2v) is 6.33. The van der Waals surface area contributed by atoms with Crippen LogP contribution in [0.1, 0.15) is 15.9 Å². The highest BCUT2D eigenvalue weighted by Gasteiger charge is 2.25. The minimum Gasteiger partial charge on any atom is -0.508 e. The zero-order chi connectivity index (χ0) is 18.5. The molecule has 0 spiro atoms. The van der Waals surface area contributed by atoms with Gasteiger partial charge in [-0.3, -0.25) is 9.59 Å². The molecule has 0 saturated carbocycles. The van der Waals surface area contributed by atoms with E-state index in [2.05, 4.69) is 0 Å². The van der Waals surface area contributed by atoms with Crippen molar-refractivity contribution in [2.45, 2.75) is 6.92 Å². The van der Waals surface area contributed by atoms with Crippen molar-refractivity contribution in [1.82, 2.24) is 9.80 Å². The van der Waals surface area contributed by atoms with E-state index in [-0.39, 0.29) is 24.2 Å². The molecular weight excluding hydrogens is 332 g/mol. The molecule has 136 valence electrons. The molecule has 1 saturated heterocycles. The number of nitrogens with zero attached hydrogens (tertiary/aromatic N) is 2. The van der Waals surface area contributed by atoms with Crippen LogP contribution in [0.15, 0.2) is 48.5 Å². The van der Waals surface area contributed by atoms with Crippen LogP contribution in [0.3, 0.4) is 0 Å². The van der Waals surface area contributed by atoms with Gasteiger partial charge >= 0.3 is 0 Å². The first-order chi connectivity index (χ1) is 12.5. The molecule has 2 aromatic carbocycles. The summed E-state index contributed by atoms with van der Waals surface area (Å²) in [7, 11) is 0. The molecule has 2 aromatic rings. The Hall–Kier alpha value is -3.02. The van der Waals surface area contributed by atoms with Crippen molar-refractivity contribution in [2.75, 3.05) is 32.8 Å². The summed E-state index contributed by atoms with van der Waals surface area (Å²) in [5, 5.41) is 9.31. The van der Waals surface area contributed by atoms with Crippen molar-refractivity contribution in [2.24, 2.45) is 0 Å². The lowest BCUT2D eigenvalue weighted by molar-refractivity contribution is -0.134. The van der Waals surface area contributed by atoms with Crippen molar-refractivity contribution < 1.29 is 19.4 Å². The van der Waals surface area contributed by atoms with E-state index >= 15 is 0 Å². The maximum Gasteiger partial charge on any atom is 0.260 e. The van der Waals surface area contributed by atoms with Gasteiger partial charge in [-0.05, 0) is 48.9 Å². The number of ether oxygens (including phenoxy) is 1. The first kappa shape index (κ1) is 17.8. The van der Waals surface area contributed by atoms with Gasteiger partial charge in [0.15, 0.2) is 6.61 Å². The lowest BCUT2D eigenvalue weighted by Gasteiger charge is -2.34. The van der Waals surface area contributed by atoms with Crippen LogP contribution in [0.5, 0.6) is 11.5 Å². The normalized spacial score (nSPS) is 14.2. The van der Waals surface area contributed by atoms with Gasteiger partial charge in [0, 0.05) is 31.7 Å². The summed E-state index contributed by atoms with van der Waals surface area (Å²) in [6.07, 6.45) is 0. The van der Waals surface area contributed by atoms with E-state index in [0.717, 1.165) is 5.56 Å². The van der Waals surface area contributed by atoms with Crippen LogP contribution in [-0.2, 0) is 4.79 Å². The highest BCUT2D eigenvalue weighted by molar-refractivity contribution is 5.94. The number of carbonyl (C=O) groups is 2. The van der Waals surface area contributed by atoms with Crippen LogP contribution in [0, 0.1) is 6.92 Å². The van der Waals surface area contributed by atoms with Gasteiger partial charge in [-0.1, -0.05) is 12.1 Å². The van der Waals surface area contributed by atoms with Gasteiger partial charge in [0.2, 0.25) is 0 Å². The summed E-state index contributed by atoms with van der Waals surface area (Å²) in [5.41, 5.74) is 1.61. The van der Waals surface area contributed by atoms with Crippen molar-refractivity contribution in [3.05, 3.63) is 59.7 Å². The number of aryl methyl sites for hydroxylation is 1. The van der Waals surface area contributed by atoms with Crippen molar-refractivity contribution in [3.63, 3.8) is 0 Å². The van der Waals surface area contributed by atoms with Gasteiger partial charge in [-0.15, -0.1) is 0 Å². The monoisotopic (exact) mass is 354 g/mol. The van der Waals surface area contributed by atoms with Crippen LogP contribution < -0.4 is 4.74 Å². The maximum absolute atomic E-state index is 12.4. The van der Waals surface area contributed by atoms with E-state index in [9.17, 15) is 14.7 Å². The summed E-state index contributed by atoms with van der Waals surface area (Å²) in [4.78, 5) is 28.2. The van der Waals surface area contributed by atoms with E-state index in [1.54, 1.807) is 21.9 Å². The highest BCUT2D eigenvalue weighted by atomic mass is 16.5. The summed E-state index contributed by atoms with van der Waals surface area (Å²) in [5.74, 6) is 0.640. The Morgan fingerprint density at radius 2 is 1.65 bits per heavy atom. The first-order valence-corrected chi connectivity index (χ1v) is 8.58. The molecule has 2 amide bonds. The average molecular weight is 354 g/mol. The molecule has 0 unspecified atom stereocenters. The molecular formula is C20H22N2O4. The van der Waals surface area contributed by atoms with Crippen LogP contribution >= 0.6 is 0 Å². The van der Waals surface area contributed by atoms with E-state index < -0.39 is 0 Å². The van der Waals surface area contributed by atoms with Crippen LogP contribution in [-0.4, -0.2) is 59.5 Å². The molecule has 26 heavy (non-hydrogen) atoms. The van der Waals surface area contributed by atoms with Crippen molar-refractivity contribution in [3.8, 4) is 11.5 Å². The van der Waals surface area contributed by atoms with E-state index in [4.69, 9.17) is 4.74 Å². The van der Waals surface area contributed by atoms with Gasteiger partial charge in [-0.2, -0.15) is 0 Å². The number of amides is 2. The number of phenols is 1. The molecule has 3 rings (SSSR count). The summed E-state index contributed by atoms with van der Waals surface area (Å²) in [6.45, 7) is 3.90. The van der Waals surface area contributed by atoms with E-state index in [1.807, 2.05) is 31.2 Å². The van der Waals surface area contributed by atoms with E-state index in [1.165, 1.54) is 12.1 Å². The van der Waals surface area contributed by atoms with Gasteiger partial charge in [0.25, 0.3) is 11.8 Å². The number of phenolic OH excluding ortho intramolecular Hbond substituents is 1. The molecule has 1 fully saturated rings. The molecule has 6 heteroatoms. The zero-order valence-corrected chi connectivity index (χ0v) is 14.7. The van der Waals surface area contributed by atoms with Gasteiger partial charge < -0.3 is 19.6 Å². The predicted octanol–water partition coefficient (Wildman–Crippen LogP) is 2.06. The third-order valence-electron chi connectivity index (χ3n) is 4.39. The molecule has 1 heterocycles. The fourth-order valence-electron chi connectivity index (χ4n) is 2.89. The van der Waals surface area contributed by atoms with Gasteiger partial charge in [0.1, 0.15) is 11.5 Å². The maximum atomic E-state index is 12.4. The third-order valence-corrected chi connectivity index (χ3v) is 4.39. The fourth-order valence-corrected chi connectivity index (χ4v) is 2.89. The lowest BCUT2D eigenvalue weighted by atomic mass is 10.1. The summed E-state index contributed by atoms with van der Waals surface area (Å²) in [6, 6.07) is 13.8. The molecule has 0 aromatic heterocycles. The van der Waals surface area contributed by atoms with Crippen molar-refractivity contribution in [1.29, 1.82) is 0 Å². The summed E-state index contributed by atoms with van der Waals surface area (Å²) < 4.78 is 5.56. The Balaban J connectivity index is 1.49. The van der Waals surface area contributed by atoms with E-state index in [0.29, 0.717) is 37.5 Å². The highest BCUT2D eigenvalue weighted by Crippen LogP contribution is 2.15. The molecule has 1 aliphatic rings. The summed E-state index contributed by atoms with van der Waals surface area (Å²) >= 11 is 0. The fraction of sp³-hybridized carbons (Fsp3) is 0.300. The second-order valence-electron chi connectivity index (χ2n) is 6.33. The van der Waals surface area contributed by atoms with Crippen LogP contribution in [0.25, 0.3) is 0 Å². The van der Waals surface area contributed by atoms with Gasteiger partial charge in [0.05, 0.1) is 0 Å². The Kier molecular flexibility index (Phi) is 5.41. The number of piperazine rings is 1. The minimum absolute atomic E-state index is 0.00460. The Labute approximate surface area is 152 Å². The molecule has 0 aliphatic carbocycles. The number of carbonyl (C=O) groups excluding carboxylic acids is 2. The average Bonchev–Trinajstić information content (AvgIpc) is 2.66. The number of rotatable bonds is 4. The zero-order valence-electron chi connectivity index (χ0n) is 14.7. The Morgan fingerprint density at radius 3 is 2.31 bits per heavy atom. The number of benzene rings is 2. The topological polar surface area (TPSA) is 70.1 Å². The number of hydrogen-bond donors (Lipinski definition) is 1. The van der Waals surface area contributed by atoms with Crippen molar-refractivity contribution >= 4 is 11.8 Å². The Bertz CT molecular complexity index is 781. The smallest absolute Gasteiger partial charge is 0.260 e. The van der Waals surface area contributed by atoms with Gasteiger partial charge in [-0.25, -0.2) is 0 Å². The van der Waals surface area contributed by atoms with Crippen LogP contribution in [0.2, 0.25) is 0 Å². The lowest BCUT2D eigenvalue weighted by Crippen LogP contribution is -2.51. The molecule has 0 radical (unpaired) electrons. The Morgan fingerprint density at radius 1 is 1.00 bits per heavy atom. The number of aromatic hydroxyl groups is 1. The standard InChI is InChI=1S/C20H22N2O4/c1-15-3-2-4-18(13-15)26-14-19(24)21-9-11-22(12-10-21)20(25)16-5-7-17(23)8-6-16/h2-8,13,23H,9-12,14H2,1H3. The molecule has 1 aliphatic heterocycles. The SMILES string of the molecule is Cc1cccc(OCC(=O)N2CCN(C(=O)c3ccc(O)cc3)CC2)c1. The third kappa shape index (κ3) is 4.33.